The molecule has 1 heterocycles. The molecule has 0 saturated heterocycles. The molecule has 2 aromatic rings. The first-order chi connectivity index (χ1) is 15.4. The number of rotatable bonds is 6. The highest BCUT2D eigenvalue weighted by Gasteiger charge is 2.28. The van der Waals surface area contributed by atoms with Gasteiger partial charge < -0.3 is 19.1 Å². The molecule has 32 heavy (non-hydrogen) atoms. The second kappa shape index (κ2) is 9.18. The number of hydrogen-bond donors (Lipinski definition) is 1. The predicted octanol–water partition coefficient (Wildman–Crippen LogP) is 3.10. The number of methoxy groups -OCH3 is 1. The Labute approximate surface area is 186 Å². The van der Waals surface area contributed by atoms with E-state index in [2.05, 4.69) is 6.08 Å². The van der Waals surface area contributed by atoms with Crippen LogP contribution in [0.4, 0.5) is 4.39 Å². The molecule has 0 radical (unpaired) electrons. The van der Waals surface area contributed by atoms with Crippen LogP contribution in [0.2, 0.25) is 0 Å². The number of halogens is 1. The Morgan fingerprint density at radius 3 is 2.66 bits per heavy atom. The van der Waals surface area contributed by atoms with Crippen LogP contribution in [0.25, 0.3) is 23.4 Å². The standard InChI is InChI=1S/C25H28FNO5/c1-27-20-12-16(25(30)31-2)8-10-18(20)23(15-6-4-3-5-7-15)24(27)19-11-9-17(26)13-21(19)32-14-22(28)29/h9-13,15-16H,3-8,14H2,1-2H3,(H,28,29). The molecule has 2 aliphatic rings. The minimum Gasteiger partial charge on any atom is -0.481 e. The van der Waals surface area contributed by atoms with Gasteiger partial charge in [-0.2, -0.15) is 0 Å². The van der Waals surface area contributed by atoms with Crippen LogP contribution in [0, 0.1) is 11.7 Å². The second-order valence-corrected chi connectivity index (χ2v) is 8.51. The Kier molecular flexibility index (Phi) is 6.35. The minimum atomic E-state index is -1.12. The van der Waals surface area contributed by atoms with E-state index in [1.807, 2.05) is 17.7 Å². The second-order valence-electron chi connectivity index (χ2n) is 8.51. The number of hydrogen-bond acceptors (Lipinski definition) is 4. The van der Waals surface area contributed by atoms with E-state index < -0.39 is 18.4 Å². The summed E-state index contributed by atoms with van der Waals surface area (Å²) in [5.74, 6) is -1.71. The average molecular weight is 441 g/mol. The van der Waals surface area contributed by atoms with Gasteiger partial charge in [-0.1, -0.05) is 25.3 Å². The third kappa shape index (κ3) is 4.16. The van der Waals surface area contributed by atoms with Gasteiger partial charge in [0.2, 0.25) is 0 Å². The van der Waals surface area contributed by atoms with Gasteiger partial charge in [0.15, 0.2) is 6.61 Å². The molecule has 4 rings (SSSR count). The molecule has 1 unspecified atom stereocenters. The summed E-state index contributed by atoms with van der Waals surface area (Å²) in [6.07, 6.45) is 10.2. The Morgan fingerprint density at radius 2 is 1.97 bits per heavy atom. The lowest BCUT2D eigenvalue weighted by Gasteiger charge is -2.24. The molecule has 1 aromatic heterocycles. The number of benzene rings is 1. The number of carbonyl (C=O) groups excluding carboxylic acids is 1. The van der Waals surface area contributed by atoms with Crippen molar-refractivity contribution in [3.05, 3.63) is 40.1 Å². The first-order valence-corrected chi connectivity index (χ1v) is 11.0. The Bertz CT molecular complexity index is 1160. The fraction of sp³-hybridized carbons (Fsp3) is 0.440. The van der Waals surface area contributed by atoms with Crippen molar-refractivity contribution in [2.45, 2.75) is 44.4 Å². The SMILES string of the molecule is COC(=O)C1C=c2c(c(C3CCCCC3)c(-c3ccc(F)cc3OCC(=O)O)n2C)=CC1. The number of carboxylic acids is 1. The summed E-state index contributed by atoms with van der Waals surface area (Å²) in [6, 6.07) is 4.25. The molecule has 1 fully saturated rings. The highest BCUT2D eigenvalue weighted by Crippen LogP contribution is 2.39. The highest BCUT2D eigenvalue weighted by molar-refractivity contribution is 5.81. The van der Waals surface area contributed by atoms with Crippen LogP contribution in [-0.4, -0.2) is 35.3 Å². The summed E-state index contributed by atoms with van der Waals surface area (Å²) in [4.78, 5) is 23.3. The molecule has 6 nitrogen and oxygen atoms in total. The predicted molar refractivity (Wildman–Crippen MR) is 118 cm³/mol. The van der Waals surface area contributed by atoms with Crippen molar-refractivity contribution < 1.29 is 28.6 Å². The van der Waals surface area contributed by atoms with E-state index in [1.54, 1.807) is 6.07 Å². The zero-order chi connectivity index (χ0) is 22.8. The van der Waals surface area contributed by atoms with E-state index in [9.17, 15) is 14.0 Å². The number of nitrogens with zero attached hydrogens (tertiary/aromatic N) is 1. The van der Waals surface area contributed by atoms with Crippen LogP contribution in [0.15, 0.2) is 18.2 Å². The lowest BCUT2D eigenvalue weighted by molar-refractivity contribution is -0.143. The summed E-state index contributed by atoms with van der Waals surface area (Å²) < 4.78 is 26.5. The maximum atomic E-state index is 14.1. The molecule has 7 heteroatoms. The summed E-state index contributed by atoms with van der Waals surface area (Å²) >= 11 is 0. The summed E-state index contributed by atoms with van der Waals surface area (Å²) in [7, 11) is 3.31. The Hall–Kier alpha value is -3.09. The number of carboxylic acid groups (broad SMARTS) is 1. The molecule has 0 bridgehead atoms. The van der Waals surface area contributed by atoms with Gasteiger partial charge in [-0.25, -0.2) is 9.18 Å². The zero-order valence-electron chi connectivity index (χ0n) is 18.4. The molecule has 170 valence electrons. The van der Waals surface area contributed by atoms with Crippen molar-refractivity contribution in [2.75, 3.05) is 13.7 Å². The lowest BCUT2D eigenvalue weighted by atomic mass is 9.81. The molecule has 1 N–H and O–H groups in total. The number of esters is 1. The van der Waals surface area contributed by atoms with Crippen LogP contribution in [0.1, 0.15) is 50.0 Å². The van der Waals surface area contributed by atoms with Crippen LogP contribution in [0.3, 0.4) is 0 Å². The average Bonchev–Trinajstić information content (AvgIpc) is 3.09. The minimum absolute atomic E-state index is 0.201. The van der Waals surface area contributed by atoms with Gasteiger partial charge in [0, 0.05) is 24.0 Å². The topological polar surface area (TPSA) is 77.8 Å². The Balaban J connectivity index is 1.94. The van der Waals surface area contributed by atoms with Gasteiger partial charge in [0.05, 0.1) is 18.7 Å². The van der Waals surface area contributed by atoms with E-state index in [4.69, 9.17) is 14.6 Å². The van der Waals surface area contributed by atoms with Crippen molar-refractivity contribution >= 4 is 24.1 Å². The maximum Gasteiger partial charge on any atom is 0.341 e. The molecular formula is C25H28FNO5. The molecule has 0 aliphatic heterocycles. The van der Waals surface area contributed by atoms with E-state index in [0.717, 1.165) is 41.9 Å². The fourth-order valence-corrected chi connectivity index (χ4v) is 5.06. The normalized spacial score (nSPS) is 18.3. The van der Waals surface area contributed by atoms with Gasteiger partial charge in [0.1, 0.15) is 11.6 Å². The van der Waals surface area contributed by atoms with Crippen molar-refractivity contribution in [2.24, 2.45) is 13.0 Å². The fourth-order valence-electron chi connectivity index (χ4n) is 5.06. The van der Waals surface area contributed by atoms with Gasteiger partial charge in [-0.15, -0.1) is 0 Å². The maximum absolute atomic E-state index is 14.1. The van der Waals surface area contributed by atoms with Crippen molar-refractivity contribution in [1.29, 1.82) is 0 Å². The molecule has 1 aromatic carbocycles. The molecule has 0 spiro atoms. The van der Waals surface area contributed by atoms with Crippen LogP contribution in [0.5, 0.6) is 5.75 Å². The van der Waals surface area contributed by atoms with Gasteiger partial charge in [0.25, 0.3) is 0 Å². The smallest absolute Gasteiger partial charge is 0.341 e. The summed E-state index contributed by atoms with van der Waals surface area (Å²) in [5.41, 5.74) is 2.72. The number of aliphatic carboxylic acids is 1. The number of aromatic nitrogens is 1. The van der Waals surface area contributed by atoms with E-state index in [-0.39, 0.29) is 17.6 Å². The lowest BCUT2D eigenvalue weighted by Crippen LogP contribution is -2.35. The van der Waals surface area contributed by atoms with Crippen molar-refractivity contribution in [3.63, 3.8) is 0 Å². The van der Waals surface area contributed by atoms with Gasteiger partial charge in [-0.05, 0) is 54.2 Å². The molecular weight excluding hydrogens is 413 g/mol. The third-order valence-corrected chi connectivity index (χ3v) is 6.52. The van der Waals surface area contributed by atoms with E-state index in [0.29, 0.717) is 17.9 Å². The first kappa shape index (κ1) is 22.1. The van der Waals surface area contributed by atoms with E-state index >= 15 is 0 Å². The monoisotopic (exact) mass is 441 g/mol. The number of carbonyl (C=O) groups is 2. The zero-order valence-corrected chi connectivity index (χ0v) is 18.4. The van der Waals surface area contributed by atoms with Crippen LogP contribution in [-0.2, 0) is 21.4 Å². The molecule has 1 atom stereocenters. The van der Waals surface area contributed by atoms with Crippen molar-refractivity contribution in [1.82, 2.24) is 4.57 Å². The Morgan fingerprint density at radius 1 is 1.22 bits per heavy atom. The molecule has 2 aliphatic carbocycles. The highest BCUT2D eigenvalue weighted by atomic mass is 19.1. The van der Waals surface area contributed by atoms with E-state index in [1.165, 1.54) is 31.2 Å². The van der Waals surface area contributed by atoms with Gasteiger partial charge in [-0.3, -0.25) is 4.79 Å². The molecule has 1 saturated carbocycles. The number of ether oxygens (including phenoxy) is 2. The van der Waals surface area contributed by atoms with Gasteiger partial charge >= 0.3 is 11.9 Å². The van der Waals surface area contributed by atoms with Crippen LogP contribution < -0.4 is 15.3 Å². The summed E-state index contributed by atoms with van der Waals surface area (Å²) in [6.45, 7) is -0.554. The first-order valence-electron chi connectivity index (χ1n) is 11.0. The number of fused-ring (bicyclic) bond motifs is 1. The summed E-state index contributed by atoms with van der Waals surface area (Å²) in [5, 5.41) is 11.1. The molecule has 0 amide bonds. The quantitative estimate of drug-likeness (QED) is 0.697. The third-order valence-electron chi connectivity index (χ3n) is 6.52. The van der Waals surface area contributed by atoms with Crippen molar-refractivity contribution in [3.8, 4) is 17.0 Å². The largest absolute Gasteiger partial charge is 0.481 e. The van der Waals surface area contributed by atoms with Crippen LogP contribution >= 0.6 is 0 Å².